The van der Waals surface area contributed by atoms with Crippen molar-refractivity contribution in [1.82, 2.24) is 15.5 Å². The Kier molecular flexibility index (Phi) is 10.2. The monoisotopic (exact) mass is 559 g/mol. The van der Waals surface area contributed by atoms with E-state index in [-0.39, 0.29) is 18.7 Å². The number of carbonyl (C=O) groups is 3. The van der Waals surface area contributed by atoms with E-state index in [0.717, 1.165) is 11.1 Å². The first kappa shape index (κ1) is 31.2. The molecule has 0 heterocycles. The van der Waals surface area contributed by atoms with Crippen LogP contribution < -0.4 is 10.6 Å². The van der Waals surface area contributed by atoms with Crippen LogP contribution in [0.15, 0.2) is 84.9 Å². The molecule has 41 heavy (non-hydrogen) atoms. The molecular weight excluding hydrogens is 518 g/mol. The van der Waals surface area contributed by atoms with Crippen LogP contribution in [-0.4, -0.2) is 45.1 Å². The fraction of sp³-hybridized carbons (Fsp3) is 0.364. The molecule has 0 fully saturated rings. The van der Waals surface area contributed by atoms with Crippen molar-refractivity contribution in [3.8, 4) is 5.75 Å². The zero-order valence-corrected chi connectivity index (χ0v) is 24.7. The second-order valence-electron chi connectivity index (χ2n) is 12.0. The number of amides is 3. The molecule has 2 atom stereocenters. The lowest BCUT2D eigenvalue weighted by molar-refractivity contribution is -0.148. The molecular formula is C33H41N3O5. The van der Waals surface area contributed by atoms with Crippen molar-refractivity contribution < 1.29 is 24.2 Å². The van der Waals surface area contributed by atoms with Crippen LogP contribution in [-0.2, 0) is 27.3 Å². The quantitative estimate of drug-likeness (QED) is 0.320. The first-order chi connectivity index (χ1) is 19.2. The Morgan fingerprint density at radius 2 is 1.41 bits per heavy atom. The highest BCUT2D eigenvalue weighted by Gasteiger charge is 2.42. The lowest BCUT2D eigenvalue weighted by Crippen LogP contribution is -2.59. The van der Waals surface area contributed by atoms with E-state index in [0.29, 0.717) is 5.56 Å². The number of benzene rings is 3. The number of alkyl carbamates (subject to hydrolysis) is 1. The molecule has 3 amide bonds. The summed E-state index contributed by atoms with van der Waals surface area (Å²) in [6.07, 6.45) is -0.549. The van der Waals surface area contributed by atoms with Gasteiger partial charge in [0.15, 0.2) is 0 Å². The van der Waals surface area contributed by atoms with Crippen LogP contribution in [0.4, 0.5) is 4.79 Å². The first-order valence-corrected chi connectivity index (χ1v) is 13.7. The minimum absolute atomic E-state index is 0.0302. The van der Waals surface area contributed by atoms with Crippen molar-refractivity contribution in [3.05, 3.63) is 102 Å². The number of phenolic OH excluding ortho intramolecular Hbond substituents is 1. The van der Waals surface area contributed by atoms with Crippen LogP contribution in [0.25, 0.3) is 0 Å². The number of carbonyl (C=O) groups excluding carboxylic acids is 3. The number of hydrogen-bond donors (Lipinski definition) is 3. The Hall–Kier alpha value is -4.33. The molecule has 3 rings (SSSR count). The van der Waals surface area contributed by atoms with Gasteiger partial charge in [-0.15, -0.1) is 0 Å². The SMILES string of the molecule is CC(C)(C)OC(=O)NC(Cc1ccccc1)C(=O)N(C(C(=O)NCc1ccccc1)c1cccc(O)c1)C(C)(C)C. The summed E-state index contributed by atoms with van der Waals surface area (Å²) in [6.45, 7) is 11.0. The van der Waals surface area contributed by atoms with Gasteiger partial charge in [0.05, 0.1) is 0 Å². The minimum atomic E-state index is -1.10. The largest absolute Gasteiger partial charge is 0.508 e. The van der Waals surface area contributed by atoms with Gasteiger partial charge in [0.25, 0.3) is 0 Å². The standard InChI is InChI=1S/C33H41N3O5/c1-32(2,3)36(30(39)27(20-23-14-9-7-10-15-23)35-31(40)41-33(4,5)6)28(25-18-13-19-26(37)21-25)29(38)34-22-24-16-11-8-12-17-24/h7-19,21,27-28,37H,20,22H2,1-6H3,(H,34,38)(H,35,40). The molecule has 0 saturated carbocycles. The summed E-state index contributed by atoms with van der Waals surface area (Å²) in [5.74, 6) is -0.911. The van der Waals surface area contributed by atoms with E-state index in [1.807, 2.05) is 81.4 Å². The number of nitrogens with one attached hydrogen (secondary N) is 2. The molecule has 0 radical (unpaired) electrons. The summed E-state index contributed by atoms with van der Waals surface area (Å²) < 4.78 is 5.48. The zero-order valence-electron chi connectivity index (χ0n) is 24.7. The second kappa shape index (κ2) is 13.4. The molecule has 0 aromatic heterocycles. The third-order valence-electron chi connectivity index (χ3n) is 6.23. The molecule has 0 bridgehead atoms. The summed E-state index contributed by atoms with van der Waals surface area (Å²) in [5, 5.41) is 16.0. The fourth-order valence-corrected chi connectivity index (χ4v) is 4.51. The maximum Gasteiger partial charge on any atom is 0.408 e. The molecule has 0 spiro atoms. The number of hydrogen-bond acceptors (Lipinski definition) is 5. The van der Waals surface area contributed by atoms with Gasteiger partial charge in [0.1, 0.15) is 23.4 Å². The highest BCUT2D eigenvalue weighted by molar-refractivity contribution is 5.93. The molecule has 8 nitrogen and oxygen atoms in total. The average molecular weight is 560 g/mol. The first-order valence-electron chi connectivity index (χ1n) is 13.7. The van der Waals surface area contributed by atoms with Gasteiger partial charge in [0, 0.05) is 18.5 Å². The topological polar surface area (TPSA) is 108 Å². The lowest BCUT2D eigenvalue weighted by Gasteiger charge is -2.43. The Labute approximate surface area is 242 Å². The van der Waals surface area contributed by atoms with Crippen LogP contribution in [0.1, 0.15) is 64.3 Å². The lowest BCUT2D eigenvalue weighted by atomic mass is 9.94. The van der Waals surface area contributed by atoms with Gasteiger partial charge in [-0.3, -0.25) is 9.59 Å². The third kappa shape index (κ3) is 9.38. The highest BCUT2D eigenvalue weighted by atomic mass is 16.6. The Balaban J connectivity index is 2.04. The van der Waals surface area contributed by atoms with E-state index < -0.39 is 41.1 Å². The Morgan fingerprint density at radius 1 is 0.829 bits per heavy atom. The molecule has 0 aliphatic heterocycles. The zero-order chi connectivity index (χ0) is 30.2. The summed E-state index contributed by atoms with van der Waals surface area (Å²) in [4.78, 5) is 42.8. The summed E-state index contributed by atoms with van der Waals surface area (Å²) >= 11 is 0. The van der Waals surface area contributed by atoms with Gasteiger partial charge < -0.3 is 25.4 Å². The van der Waals surface area contributed by atoms with Crippen LogP contribution >= 0.6 is 0 Å². The molecule has 3 N–H and O–H groups in total. The molecule has 3 aromatic carbocycles. The molecule has 0 aliphatic carbocycles. The summed E-state index contributed by atoms with van der Waals surface area (Å²) in [5.41, 5.74) is 0.544. The van der Waals surface area contributed by atoms with Crippen LogP contribution in [0.5, 0.6) is 5.75 Å². The number of aromatic hydroxyl groups is 1. The highest BCUT2D eigenvalue weighted by Crippen LogP contribution is 2.32. The Bertz CT molecular complexity index is 1310. The fourth-order valence-electron chi connectivity index (χ4n) is 4.51. The van der Waals surface area contributed by atoms with Gasteiger partial charge >= 0.3 is 6.09 Å². The van der Waals surface area contributed by atoms with Crippen molar-refractivity contribution >= 4 is 17.9 Å². The number of rotatable bonds is 9. The van der Waals surface area contributed by atoms with E-state index in [2.05, 4.69) is 10.6 Å². The van der Waals surface area contributed by atoms with Gasteiger partial charge in [-0.25, -0.2) is 4.79 Å². The van der Waals surface area contributed by atoms with E-state index in [9.17, 15) is 19.5 Å². The Morgan fingerprint density at radius 3 is 1.95 bits per heavy atom. The third-order valence-corrected chi connectivity index (χ3v) is 6.23. The predicted octanol–water partition coefficient (Wildman–Crippen LogP) is 5.51. The van der Waals surface area contributed by atoms with Gasteiger partial charge in [-0.2, -0.15) is 0 Å². The van der Waals surface area contributed by atoms with Gasteiger partial charge in [-0.1, -0.05) is 72.8 Å². The smallest absolute Gasteiger partial charge is 0.408 e. The second-order valence-corrected chi connectivity index (χ2v) is 12.0. The predicted molar refractivity (Wildman–Crippen MR) is 159 cm³/mol. The van der Waals surface area contributed by atoms with Crippen LogP contribution in [0.2, 0.25) is 0 Å². The van der Waals surface area contributed by atoms with Gasteiger partial charge in [-0.05, 0) is 70.4 Å². The van der Waals surface area contributed by atoms with Crippen LogP contribution in [0, 0.1) is 0 Å². The molecule has 0 saturated heterocycles. The summed E-state index contributed by atoms with van der Waals surface area (Å²) in [6, 6.07) is 23.0. The number of phenols is 1. The number of nitrogens with zero attached hydrogens (tertiary/aromatic N) is 1. The van der Waals surface area contributed by atoms with E-state index in [1.54, 1.807) is 32.9 Å². The maximum atomic E-state index is 14.5. The molecule has 8 heteroatoms. The molecule has 0 aliphatic rings. The van der Waals surface area contributed by atoms with E-state index >= 15 is 0 Å². The van der Waals surface area contributed by atoms with Crippen molar-refractivity contribution in [2.45, 2.75) is 77.7 Å². The van der Waals surface area contributed by atoms with E-state index in [4.69, 9.17) is 4.74 Å². The molecule has 3 aromatic rings. The maximum absolute atomic E-state index is 14.5. The summed E-state index contributed by atoms with van der Waals surface area (Å²) in [7, 11) is 0. The molecule has 2 unspecified atom stereocenters. The van der Waals surface area contributed by atoms with Crippen LogP contribution in [0.3, 0.4) is 0 Å². The normalized spacial score (nSPS) is 13.0. The van der Waals surface area contributed by atoms with Crippen molar-refractivity contribution in [2.75, 3.05) is 0 Å². The van der Waals surface area contributed by atoms with Crippen molar-refractivity contribution in [3.63, 3.8) is 0 Å². The van der Waals surface area contributed by atoms with E-state index in [1.165, 1.54) is 17.0 Å². The number of ether oxygens (including phenoxy) is 1. The van der Waals surface area contributed by atoms with Crippen molar-refractivity contribution in [1.29, 1.82) is 0 Å². The average Bonchev–Trinajstić information content (AvgIpc) is 2.89. The molecule has 218 valence electrons. The minimum Gasteiger partial charge on any atom is -0.508 e. The van der Waals surface area contributed by atoms with Crippen molar-refractivity contribution in [2.24, 2.45) is 0 Å². The van der Waals surface area contributed by atoms with Gasteiger partial charge in [0.2, 0.25) is 11.8 Å².